The Bertz CT molecular complexity index is 1040. The molecule has 16 heteroatoms. The number of rotatable bonds is 27. The van der Waals surface area contributed by atoms with E-state index < -0.39 is 23.9 Å². The highest BCUT2D eigenvalue weighted by atomic mass is 16.5. The average Bonchev–Trinajstić information content (AvgIpc) is 3.02. The average molecular weight is 657 g/mol. The third kappa shape index (κ3) is 21.1. The van der Waals surface area contributed by atoms with Gasteiger partial charge in [0.25, 0.3) is 0 Å². The third-order valence-corrected chi connectivity index (χ3v) is 6.01. The van der Waals surface area contributed by atoms with E-state index in [-0.39, 0.29) is 89.2 Å². The number of ketones is 1. The van der Waals surface area contributed by atoms with E-state index in [9.17, 15) is 29.1 Å². The molecule has 0 saturated carbocycles. The molecule has 0 heterocycles. The van der Waals surface area contributed by atoms with Gasteiger partial charge in [-0.3, -0.25) is 24.0 Å². The van der Waals surface area contributed by atoms with E-state index in [1.165, 1.54) is 19.1 Å². The molecule has 0 aliphatic heterocycles. The van der Waals surface area contributed by atoms with Crippen LogP contribution in [0.5, 0.6) is 5.75 Å². The molecule has 0 spiro atoms. The molecule has 1 aromatic rings. The number of hydrogen-bond donors (Lipinski definition) is 5. The zero-order chi connectivity index (χ0) is 34.0. The van der Waals surface area contributed by atoms with Gasteiger partial charge in [-0.25, -0.2) is 0 Å². The molecule has 46 heavy (non-hydrogen) atoms. The Hall–Kier alpha value is -3.67. The van der Waals surface area contributed by atoms with Crippen LogP contribution in [0.25, 0.3) is 0 Å². The fraction of sp³-hybridized carbons (Fsp3) is 0.633. The summed E-state index contributed by atoms with van der Waals surface area (Å²) in [5.74, 6) is -1.77. The second kappa shape index (κ2) is 25.5. The van der Waals surface area contributed by atoms with Crippen molar-refractivity contribution in [1.82, 2.24) is 21.3 Å². The lowest BCUT2D eigenvalue weighted by Gasteiger charge is -2.20. The first-order chi connectivity index (χ1) is 22.1. The van der Waals surface area contributed by atoms with Gasteiger partial charge >= 0.3 is 0 Å². The molecular weight excluding hydrogens is 608 g/mol. The van der Waals surface area contributed by atoms with E-state index in [2.05, 4.69) is 21.3 Å². The number of hydrogen-bond acceptors (Lipinski definition) is 12. The van der Waals surface area contributed by atoms with Crippen LogP contribution < -0.4 is 21.3 Å². The van der Waals surface area contributed by atoms with Gasteiger partial charge in [-0.1, -0.05) is 12.1 Å². The highest BCUT2D eigenvalue weighted by molar-refractivity contribution is 5.92. The van der Waals surface area contributed by atoms with Crippen LogP contribution in [0.15, 0.2) is 24.3 Å². The molecule has 0 bridgehead atoms. The van der Waals surface area contributed by atoms with Crippen molar-refractivity contribution in [1.29, 1.82) is 0 Å². The number of nitrogens with one attached hydrogen (secondary N) is 4. The van der Waals surface area contributed by atoms with Crippen LogP contribution >= 0.6 is 0 Å². The Morgan fingerprint density at radius 2 is 1.15 bits per heavy atom. The summed E-state index contributed by atoms with van der Waals surface area (Å²) in [6.07, 6.45) is 0.143. The maximum atomic E-state index is 12.7. The summed E-state index contributed by atoms with van der Waals surface area (Å²) in [7, 11) is 1.55. The molecule has 16 nitrogen and oxygen atoms in total. The fourth-order valence-corrected chi connectivity index (χ4v) is 3.43. The van der Waals surface area contributed by atoms with Gasteiger partial charge in [-0.05, 0) is 31.5 Å². The van der Waals surface area contributed by atoms with E-state index in [1.807, 2.05) is 0 Å². The third-order valence-electron chi connectivity index (χ3n) is 6.01. The number of ether oxygens (including phenoxy) is 6. The van der Waals surface area contributed by atoms with Crippen molar-refractivity contribution < 1.29 is 57.5 Å². The monoisotopic (exact) mass is 656 g/mol. The summed E-state index contributed by atoms with van der Waals surface area (Å²) in [6.45, 7) is 5.02. The molecule has 0 fully saturated rings. The molecule has 0 radical (unpaired) electrons. The molecule has 0 aliphatic rings. The number of phenols is 1. The molecule has 2 atom stereocenters. The number of Topliss-reactive ketones (excluding diaryl/α,β-unsaturated/α-hetero) is 1. The molecule has 5 N–H and O–H groups in total. The fourth-order valence-electron chi connectivity index (χ4n) is 3.43. The van der Waals surface area contributed by atoms with Crippen LogP contribution in [0.3, 0.4) is 0 Å². The highest BCUT2D eigenvalue weighted by Gasteiger charge is 2.24. The Kier molecular flexibility index (Phi) is 22.4. The Labute approximate surface area is 269 Å². The van der Waals surface area contributed by atoms with Gasteiger partial charge in [0.2, 0.25) is 23.6 Å². The molecular formula is C30H48N4O12. The Morgan fingerprint density at radius 1 is 0.674 bits per heavy atom. The minimum atomic E-state index is -0.963. The molecule has 260 valence electrons. The molecule has 4 amide bonds. The minimum Gasteiger partial charge on any atom is -0.508 e. The van der Waals surface area contributed by atoms with Crippen molar-refractivity contribution >= 4 is 29.4 Å². The predicted octanol–water partition coefficient (Wildman–Crippen LogP) is -1.52. The molecule has 1 aromatic carbocycles. The number of carbonyl (C=O) groups is 5. The first-order valence-corrected chi connectivity index (χ1v) is 14.9. The van der Waals surface area contributed by atoms with Crippen LogP contribution in [0, 0.1) is 0 Å². The SMILES string of the molecule is COCCOCC(=O)NCCOCCOCC(=O)NCCOCCOCC(=O)N[C@@H](Cc1ccc(O)cc1)C(=O)N[C@H](C)C(C)=O. The van der Waals surface area contributed by atoms with Gasteiger partial charge in [0.05, 0.1) is 58.9 Å². The lowest BCUT2D eigenvalue weighted by molar-refractivity contribution is -0.133. The second-order valence-corrected chi connectivity index (χ2v) is 9.91. The van der Waals surface area contributed by atoms with Gasteiger partial charge in [0.1, 0.15) is 31.6 Å². The zero-order valence-corrected chi connectivity index (χ0v) is 26.8. The normalized spacial score (nSPS) is 12.2. The standard InChI is InChI=1S/C30H48N4O12/c1-22(23(2)35)33-30(40)26(18-24-4-6-25(36)7-5-24)34-29(39)21-46-17-15-43-11-9-32-28(38)20-45-16-14-42-10-8-31-27(37)19-44-13-12-41-3/h4-7,22,26,36H,8-21H2,1-3H3,(H,31,37)(H,32,38)(H,33,40)(H,34,39)/t22-,26+/m1/s1. The van der Waals surface area contributed by atoms with Crippen molar-refractivity contribution in [2.45, 2.75) is 32.4 Å². The van der Waals surface area contributed by atoms with Gasteiger partial charge in [-0.2, -0.15) is 0 Å². The van der Waals surface area contributed by atoms with E-state index in [4.69, 9.17) is 28.4 Å². The van der Waals surface area contributed by atoms with Gasteiger partial charge in [0, 0.05) is 26.6 Å². The summed E-state index contributed by atoms with van der Waals surface area (Å²) < 4.78 is 31.2. The predicted molar refractivity (Wildman–Crippen MR) is 164 cm³/mol. The molecule has 0 saturated heterocycles. The molecule has 0 aliphatic carbocycles. The molecule has 0 aromatic heterocycles. The van der Waals surface area contributed by atoms with Crippen molar-refractivity contribution in [3.8, 4) is 5.75 Å². The van der Waals surface area contributed by atoms with Crippen LogP contribution in [0.2, 0.25) is 0 Å². The largest absolute Gasteiger partial charge is 0.508 e. The van der Waals surface area contributed by atoms with E-state index in [1.54, 1.807) is 26.2 Å². The van der Waals surface area contributed by atoms with Crippen molar-refractivity contribution in [3.63, 3.8) is 0 Å². The summed E-state index contributed by atoms with van der Waals surface area (Å²) in [6, 6.07) is 4.53. The smallest absolute Gasteiger partial charge is 0.246 e. The van der Waals surface area contributed by atoms with Gasteiger partial charge < -0.3 is 54.8 Å². The number of aromatic hydroxyl groups is 1. The number of benzene rings is 1. The minimum absolute atomic E-state index is 0.0443. The summed E-state index contributed by atoms with van der Waals surface area (Å²) in [5.41, 5.74) is 0.700. The van der Waals surface area contributed by atoms with Crippen molar-refractivity contribution in [2.24, 2.45) is 0 Å². The van der Waals surface area contributed by atoms with Crippen LogP contribution in [-0.2, 0) is 58.8 Å². The van der Waals surface area contributed by atoms with Crippen molar-refractivity contribution in [3.05, 3.63) is 29.8 Å². The van der Waals surface area contributed by atoms with E-state index in [0.29, 0.717) is 31.9 Å². The molecule has 1 rings (SSSR count). The first-order valence-electron chi connectivity index (χ1n) is 14.9. The van der Waals surface area contributed by atoms with Gasteiger partial charge in [0.15, 0.2) is 5.78 Å². The first kappa shape index (κ1) is 40.4. The molecule has 0 unspecified atom stereocenters. The van der Waals surface area contributed by atoms with Gasteiger partial charge in [-0.15, -0.1) is 0 Å². The summed E-state index contributed by atoms with van der Waals surface area (Å²) >= 11 is 0. The maximum Gasteiger partial charge on any atom is 0.246 e. The number of carbonyl (C=O) groups excluding carboxylic acids is 5. The number of methoxy groups -OCH3 is 1. The van der Waals surface area contributed by atoms with E-state index >= 15 is 0 Å². The quantitative estimate of drug-likeness (QED) is 0.0684. The summed E-state index contributed by atoms with van der Waals surface area (Å²) in [5, 5.41) is 20.0. The lowest BCUT2D eigenvalue weighted by atomic mass is 10.0. The van der Waals surface area contributed by atoms with Crippen LogP contribution in [0.1, 0.15) is 19.4 Å². The number of phenolic OH excluding ortho intramolecular Hbond substituents is 1. The Balaban J connectivity index is 2.10. The zero-order valence-electron chi connectivity index (χ0n) is 26.8. The van der Waals surface area contributed by atoms with E-state index in [0.717, 1.165) is 0 Å². The van der Waals surface area contributed by atoms with Crippen LogP contribution in [-0.4, -0.2) is 139 Å². The highest BCUT2D eigenvalue weighted by Crippen LogP contribution is 2.11. The second-order valence-electron chi connectivity index (χ2n) is 9.91. The number of amides is 4. The van der Waals surface area contributed by atoms with Crippen LogP contribution in [0.4, 0.5) is 0 Å². The Morgan fingerprint density at radius 3 is 1.65 bits per heavy atom. The summed E-state index contributed by atoms with van der Waals surface area (Å²) in [4.78, 5) is 60.0. The van der Waals surface area contributed by atoms with Crippen molar-refractivity contribution in [2.75, 3.05) is 92.9 Å². The topological polar surface area (TPSA) is 209 Å². The maximum absolute atomic E-state index is 12.7. The lowest BCUT2D eigenvalue weighted by Crippen LogP contribution is -2.52.